The van der Waals surface area contributed by atoms with Gasteiger partial charge in [0.2, 0.25) is 11.8 Å². The zero-order valence-corrected chi connectivity index (χ0v) is 12.9. The average Bonchev–Trinajstić information content (AvgIpc) is 2.19. The van der Waals surface area contributed by atoms with Gasteiger partial charge in [0.15, 0.2) is 0 Å². The summed E-state index contributed by atoms with van der Waals surface area (Å²) < 4.78 is 22.8. The van der Waals surface area contributed by atoms with Crippen LogP contribution in [0.2, 0.25) is 0 Å². The molecule has 7 heteroatoms. The molecule has 0 bridgehead atoms. The van der Waals surface area contributed by atoms with E-state index in [0.29, 0.717) is 6.42 Å². The topological polar surface area (TPSA) is 83.6 Å². The summed E-state index contributed by atoms with van der Waals surface area (Å²) in [6.07, 6.45) is 1.59. The van der Waals surface area contributed by atoms with Gasteiger partial charge in [-0.3, -0.25) is 9.59 Å². The van der Waals surface area contributed by atoms with Crippen molar-refractivity contribution in [2.24, 2.45) is 0 Å². The molecule has 1 rings (SSSR count). The standard InChI is InChI=1S/C12H22N2O4S/c1-6-9-10(15)13-12(3,4)11(16)14(9)8(2)7-19(5,17)18/h8-9H,6-7H2,1-5H3,(H,13,15). The molecule has 6 nitrogen and oxygen atoms in total. The van der Waals surface area contributed by atoms with Crippen LogP contribution < -0.4 is 5.32 Å². The van der Waals surface area contributed by atoms with Crippen LogP contribution in [0.15, 0.2) is 0 Å². The first-order chi connectivity index (χ1) is 8.49. The lowest BCUT2D eigenvalue weighted by molar-refractivity contribution is -0.155. The molecule has 0 aromatic rings. The fourth-order valence-corrected chi connectivity index (χ4v) is 3.48. The van der Waals surface area contributed by atoms with Gasteiger partial charge in [0.05, 0.1) is 5.75 Å². The molecule has 1 saturated heterocycles. The molecule has 1 N–H and O–H groups in total. The van der Waals surface area contributed by atoms with Gasteiger partial charge >= 0.3 is 0 Å². The number of rotatable bonds is 4. The van der Waals surface area contributed by atoms with Gasteiger partial charge in [-0.2, -0.15) is 0 Å². The fraction of sp³-hybridized carbons (Fsp3) is 0.833. The van der Waals surface area contributed by atoms with Crippen LogP contribution in [0.25, 0.3) is 0 Å². The number of amides is 2. The minimum Gasteiger partial charge on any atom is -0.340 e. The molecule has 2 atom stereocenters. The lowest BCUT2D eigenvalue weighted by Gasteiger charge is -2.45. The number of carbonyl (C=O) groups is 2. The summed E-state index contributed by atoms with van der Waals surface area (Å²) >= 11 is 0. The minimum atomic E-state index is -3.21. The summed E-state index contributed by atoms with van der Waals surface area (Å²) in [5.41, 5.74) is -0.992. The van der Waals surface area contributed by atoms with Crippen LogP contribution in [0.1, 0.15) is 34.1 Å². The van der Waals surface area contributed by atoms with E-state index < -0.39 is 27.5 Å². The molecule has 0 aliphatic carbocycles. The Labute approximate surface area is 114 Å². The van der Waals surface area contributed by atoms with Gasteiger partial charge in [-0.25, -0.2) is 8.42 Å². The number of sulfone groups is 1. The minimum absolute atomic E-state index is 0.140. The van der Waals surface area contributed by atoms with Crippen LogP contribution in [-0.2, 0) is 19.4 Å². The summed E-state index contributed by atoms with van der Waals surface area (Å²) in [4.78, 5) is 25.8. The second-order valence-corrected chi connectivity index (χ2v) is 7.88. The summed E-state index contributed by atoms with van der Waals surface area (Å²) in [5.74, 6) is -0.610. The molecule has 0 aromatic carbocycles. The van der Waals surface area contributed by atoms with E-state index in [-0.39, 0.29) is 17.6 Å². The second kappa shape index (κ2) is 5.11. The van der Waals surface area contributed by atoms with Gasteiger partial charge in [-0.15, -0.1) is 0 Å². The number of carbonyl (C=O) groups excluding carboxylic acids is 2. The lowest BCUT2D eigenvalue weighted by Crippen LogP contribution is -2.70. The molecule has 1 aliphatic rings. The Morgan fingerprint density at radius 3 is 2.32 bits per heavy atom. The maximum atomic E-state index is 12.4. The fourth-order valence-electron chi connectivity index (χ4n) is 2.44. The molecule has 1 aliphatic heterocycles. The zero-order valence-electron chi connectivity index (χ0n) is 12.1. The largest absolute Gasteiger partial charge is 0.340 e. The molecule has 1 heterocycles. The third-order valence-corrected chi connectivity index (χ3v) is 4.34. The number of piperazine rings is 1. The van der Waals surface area contributed by atoms with Crippen LogP contribution in [0.5, 0.6) is 0 Å². The molecule has 0 aromatic heterocycles. The van der Waals surface area contributed by atoms with Crippen molar-refractivity contribution in [3.05, 3.63) is 0 Å². The normalized spacial score (nSPS) is 25.1. The molecule has 0 spiro atoms. The Balaban J connectivity index is 3.10. The molecular weight excluding hydrogens is 268 g/mol. The second-order valence-electron chi connectivity index (χ2n) is 5.69. The van der Waals surface area contributed by atoms with Crippen LogP contribution in [0, 0.1) is 0 Å². The summed E-state index contributed by atoms with van der Waals surface area (Å²) in [5, 5.41) is 2.67. The van der Waals surface area contributed by atoms with E-state index >= 15 is 0 Å². The Hall–Kier alpha value is -1.11. The molecule has 2 unspecified atom stereocenters. The molecule has 110 valence electrons. The van der Waals surface area contributed by atoms with Gasteiger partial charge in [-0.1, -0.05) is 6.92 Å². The monoisotopic (exact) mass is 290 g/mol. The molecule has 19 heavy (non-hydrogen) atoms. The predicted octanol–water partition coefficient (Wildman–Crippen LogP) is -0.0649. The van der Waals surface area contributed by atoms with Crippen molar-refractivity contribution in [1.82, 2.24) is 10.2 Å². The van der Waals surface area contributed by atoms with Crippen molar-refractivity contribution in [2.75, 3.05) is 12.0 Å². The van der Waals surface area contributed by atoms with E-state index in [9.17, 15) is 18.0 Å². The van der Waals surface area contributed by atoms with Crippen LogP contribution in [0.4, 0.5) is 0 Å². The van der Waals surface area contributed by atoms with Crippen LogP contribution >= 0.6 is 0 Å². The van der Waals surface area contributed by atoms with Crippen molar-refractivity contribution < 1.29 is 18.0 Å². The van der Waals surface area contributed by atoms with Crippen molar-refractivity contribution in [2.45, 2.75) is 51.7 Å². The number of nitrogens with zero attached hydrogens (tertiary/aromatic N) is 1. The van der Waals surface area contributed by atoms with Crippen LogP contribution in [0.3, 0.4) is 0 Å². The van der Waals surface area contributed by atoms with E-state index in [1.54, 1.807) is 27.7 Å². The van der Waals surface area contributed by atoms with Gasteiger partial charge in [0.25, 0.3) is 0 Å². The van der Waals surface area contributed by atoms with Gasteiger partial charge < -0.3 is 10.2 Å². The molecule has 2 amide bonds. The van der Waals surface area contributed by atoms with Crippen molar-refractivity contribution in [1.29, 1.82) is 0 Å². The number of hydrogen-bond acceptors (Lipinski definition) is 4. The Kier molecular flexibility index (Phi) is 4.29. The molecule has 0 saturated carbocycles. The van der Waals surface area contributed by atoms with Crippen LogP contribution in [-0.4, -0.2) is 54.8 Å². The van der Waals surface area contributed by atoms with Crippen molar-refractivity contribution >= 4 is 21.7 Å². The third kappa shape index (κ3) is 3.46. The van der Waals surface area contributed by atoms with E-state index in [2.05, 4.69) is 5.32 Å². The third-order valence-electron chi connectivity index (χ3n) is 3.25. The van der Waals surface area contributed by atoms with E-state index in [1.165, 1.54) is 4.90 Å². The van der Waals surface area contributed by atoms with Crippen molar-refractivity contribution in [3.8, 4) is 0 Å². The number of nitrogens with one attached hydrogen (secondary N) is 1. The lowest BCUT2D eigenvalue weighted by atomic mass is 9.94. The Morgan fingerprint density at radius 1 is 1.37 bits per heavy atom. The Bertz CT molecular complexity index is 484. The highest BCUT2D eigenvalue weighted by Crippen LogP contribution is 2.22. The zero-order chi connectivity index (χ0) is 15.0. The highest BCUT2D eigenvalue weighted by molar-refractivity contribution is 7.90. The van der Waals surface area contributed by atoms with E-state index in [0.717, 1.165) is 6.26 Å². The predicted molar refractivity (Wildman–Crippen MR) is 72.3 cm³/mol. The molecular formula is C12H22N2O4S. The Morgan fingerprint density at radius 2 is 1.89 bits per heavy atom. The average molecular weight is 290 g/mol. The first kappa shape index (κ1) is 15.9. The molecule has 1 fully saturated rings. The van der Waals surface area contributed by atoms with Gasteiger partial charge in [0.1, 0.15) is 21.4 Å². The van der Waals surface area contributed by atoms with Crippen molar-refractivity contribution in [3.63, 3.8) is 0 Å². The first-order valence-electron chi connectivity index (χ1n) is 6.32. The molecule has 0 radical (unpaired) electrons. The first-order valence-corrected chi connectivity index (χ1v) is 8.38. The number of hydrogen-bond donors (Lipinski definition) is 1. The van der Waals surface area contributed by atoms with Gasteiger partial charge in [0, 0.05) is 12.3 Å². The smallest absolute Gasteiger partial charge is 0.248 e. The SMILES string of the molecule is CCC1C(=O)NC(C)(C)C(=O)N1C(C)CS(C)(=O)=O. The van der Waals surface area contributed by atoms with Gasteiger partial charge in [-0.05, 0) is 27.2 Å². The maximum absolute atomic E-state index is 12.4. The summed E-state index contributed by atoms with van der Waals surface area (Å²) in [6, 6.07) is -1.12. The maximum Gasteiger partial charge on any atom is 0.248 e. The quantitative estimate of drug-likeness (QED) is 0.786. The summed E-state index contributed by atoms with van der Waals surface area (Å²) in [7, 11) is -3.21. The van der Waals surface area contributed by atoms with E-state index in [1.807, 2.05) is 0 Å². The van der Waals surface area contributed by atoms with E-state index in [4.69, 9.17) is 0 Å². The highest BCUT2D eigenvalue weighted by atomic mass is 32.2. The highest BCUT2D eigenvalue weighted by Gasteiger charge is 2.46. The summed E-state index contributed by atoms with van der Waals surface area (Å²) in [6.45, 7) is 6.71.